The van der Waals surface area contributed by atoms with Crippen LogP contribution in [0.15, 0.2) is 60.0 Å². The molecule has 0 bridgehead atoms. The van der Waals surface area contributed by atoms with E-state index in [2.05, 4.69) is 11.6 Å². The van der Waals surface area contributed by atoms with E-state index in [9.17, 15) is 8.42 Å². The van der Waals surface area contributed by atoms with E-state index in [1.807, 2.05) is 42.5 Å². The molecule has 0 radical (unpaired) electrons. The molecular weight excluding hydrogens is 282 g/mol. The summed E-state index contributed by atoms with van der Waals surface area (Å²) in [5.41, 5.74) is 2.63. The minimum Gasteiger partial charge on any atom is -0.280 e. The highest BCUT2D eigenvalue weighted by Gasteiger charge is 2.05. The predicted octanol–water partition coefficient (Wildman–Crippen LogP) is 4.05. The SMILES string of the molecule is CCCc1ccc(NS(=O)(=O)/C=C/c2ccccc2)cc1. The molecule has 0 aliphatic rings. The first-order valence-corrected chi connectivity index (χ1v) is 8.48. The number of nitrogens with one attached hydrogen (secondary N) is 1. The van der Waals surface area contributed by atoms with E-state index in [0.717, 1.165) is 18.4 Å². The fourth-order valence-electron chi connectivity index (χ4n) is 1.96. The Hall–Kier alpha value is -2.07. The molecule has 0 spiro atoms. The number of anilines is 1. The van der Waals surface area contributed by atoms with Gasteiger partial charge in [0.1, 0.15) is 0 Å². The lowest BCUT2D eigenvalue weighted by Gasteiger charge is -2.05. The van der Waals surface area contributed by atoms with Gasteiger partial charge in [-0.3, -0.25) is 4.72 Å². The minimum absolute atomic E-state index is 0.576. The van der Waals surface area contributed by atoms with E-state index in [1.54, 1.807) is 18.2 Å². The number of aryl methyl sites for hydroxylation is 1. The summed E-state index contributed by atoms with van der Waals surface area (Å²) in [5.74, 6) is 0. The first-order chi connectivity index (χ1) is 10.1. The van der Waals surface area contributed by atoms with Crippen molar-refractivity contribution in [3.8, 4) is 0 Å². The van der Waals surface area contributed by atoms with Crippen LogP contribution in [-0.2, 0) is 16.4 Å². The Balaban J connectivity index is 2.05. The van der Waals surface area contributed by atoms with Crippen LogP contribution >= 0.6 is 0 Å². The fourth-order valence-corrected chi connectivity index (χ4v) is 2.83. The summed E-state index contributed by atoms with van der Waals surface area (Å²) in [7, 11) is -3.49. The van der Waals surface area contributed by atoms with E-state index in [4.69, 9.17) is 0 Å². The second-order valence-electron chi connectivity index (χ2n) is 4.81. The zero-order valence-electron chi connectivity index (χ0n) is 12.0. The average Bonchev–Trinajstić information content (AvgIpc) is 2.48. The maximum absolute atomic E-state index is 12.0. The maximum atomic E-state index is 12.0. The van der Waals surface area contributed by atoms with Gasteiger partial charge in [0.25, 0.3) is 10.0 Å². The second kappa shape index (κ2) is 7.09. The summed E-state index contributed by atoms with van der Waals surface area (Å²) in [6.45, 7) is 2.12. The van der Waals surface area contributed by atoms with Crippen molar-refractivity contribution in [1.29, 1.82) is 0 Å². The van der Waals surface area contributed by atoms with Gasteiger partial charge in [-0.25, -0.2) is 8.42 Å². The molecular formula is C17H19NO2S. The number of rotatable bonds is 6. The normalized spacial score (nSPS) is 11.7. The van der Waals surface area contributed by atoms with Gasteiger partial charge in [0.05, 0.1) is 5.41 Å². The molecule has 2 rings (SSSR count). The lowest BCUT2D eigenvalue weighted by molar-refractivity contribution is 0.609. The zero-order valence-corrected chi connectivity index (χ0v) is 12.8. The monoisotopic (exact) mass is 301 g/mol. The van der Waals surface area contributed by atoms with E-state index in [0.29, 0.717) is 5.69 Å². The molecule has 2 aromatic rings. The Bertz CT molecular complexity index is 689. The van der Waals surface area contributed by atoms with Crippen LogP contribution in [0.25, 0.3) is 6.08 Å². The fraction of sp³-hybridized carbons (Fsp3) is 0.176. The first-order valence-electron chi connectivity index (χ1n) is 6.94. The molecule has 0 saturated heterocycles. The first kappa shape index (κ1) is 15.3. The molecule has 0 aliphatic heterocycles. The molecule has 3 nitrogen and oxygen atoms in total. The second-order valence-corrected chi connectivity index (χ2v) is 6.37. The van der Waals surface area contributed by atoms with Crippen LogP contribution in [-0.4, -0.2) is 8.42 Å². The number of hydrogen-bond acceptors (Lipinski definition) is 2. The van der Waals surface area contributed by atoms with Gasteiger partial charge in [-0.05, 0) is 35.8 Å². The highest BCUT2D eigenvalue weighted by atomic mass is 32.2. The lowest BCUT2D eigenvalue weighted by Crippen LogP contribution is -2.08. The molecule has 21 heavy (non-hydrogen) atoms. The molecule has 0 aromatic heterocycles. The highest BCUT2D eigenvalue weighted by Crippen LogP contribution is 2.13. The molecule has 0 aliphatic carbocycles. The van der Waals surface area contributed by atoms with Crippen LogP contribution in [0.2, 0.25) is 0 Å². The van der Waals surface area contributed by atoms with Crippen LogP contribution in [0.4, 0.5) is 5.69 Å². The van der Waals surface area contributed by atoms with Gasteiger partial charge < -0.3 is 0 Å². The van der Waals surface area contributed by atoms with Crippen molar-refractivity contribution in [3.63, 3.8) is 0 Å². The molecule has 0 amide bonds. The third-order valence-electron chi connectivity index (χ3n) is 2.99. The lowest BCUT2D eigenvalue weighted by atomic mass is 10.1. The summed E-state index contributed by atoms with van der Waals surface area (Å²) in [6, 6.07) is 16.8. The van der Waals surface area contributed by atoms with Crippen molar-refractivity contribution in [1.82, 2.24) is 0 Å². The summed E-state index contributed by atoms with van der Waals surface area (Å²) >= 11 is 0. The Kier molecular flexibility index (Phi) is 5.17. The standard InChI is InChI=1S/C17H19NO2S/c1-2-6-15-9-11-17(12-10-15)18-21(19,20)14-13-16-7-4-3-5-8-16/h3-5,7-14,18H,2,6H2,1H3/b14-13+. The molecule has 0 atom stereocenters. The van der Waals surface area contributed by atoms with Crippen molar-refractivity contribution in [3.05, 3.63) is 71.1 Å². The third-order valence-corrected chi connectivity index (χ3v) is 4.01. The van der Waals surface area contributed by atoms with Gasteiger partial charge in [-0.1, -0.05) is 55.8 Å². The maximum Gasteiger partial charge on any atom is 0.255 e. The smallest absolute Gasteiger partial charge is 0.255 e. The van der Waals surface area contributed by atoms with Crippen LogP contribution in [0.3, 0.4) is 0 Å². The van der Waals surface area contributed by atoms with E-state index < -0.39 is 10.0 Å². The van der Waals surface area contributed by atoms with Gasteiger partial charge in [0.2, 0.25) is 0 Å². The van der Waals surface area contributed by atoms with Crippen LogP contribution in [0.5, 0.6) is 0 Å². The van der Waals surface area contributed by atoms with Crippen molar-refractivity contribution in [2.75, 3.05) is 4.72 Å². The molecule has 2 aromatic carbocycles. The molecule has 1 N–H and O–H groups in total. The summed E-state index contributed by atoms with van der Waals surface area (Å²) in [5, 5.41) is 1.18. The predicted molar refractivity (Wildman–Crippen MR) is 88.5 cm³/mol. The number of benzene rings is 2. The largest absolute Gasteiger partial charge is 0.280 e. The van der Waals surface area contributed by atoms with Crippen LogP contribution < -0.4 is 4.72 Å². The molecule has 0 saturated carbocycles. The quantitative estimate of drug-likeness (QED) is 0.875. The van der Waals surface area contributed by atoms with Gasteiger partial charge in [-0.15, -0.1) is 0 Å². The van der Waals surface area contributed by atoms with Gasteiger partial charge in [0, 0.05) is 5.69 Å². The Labute approximate surface area is 126 Å². The minimum atomic E-state index is -3.49. The average molecular weight is 301 g/mol. The molecule has 0 fully saturated rings. The summed E-state index contributed by atoms with van der Waals surface area (Å²) < 4.78 is 26.5. The van der Waals surface area contributed by atoms with Gasteiger partial charge >= 0.3 is 0 Å². The Morgan fingerprint density at radius 3 is 2.29 bits per heavy atom. The highest BCUT2D eigenvalue weighted by molar-refractivity contribution is 7.95. The molecule has 110 valence electrons. The van der Waals surface area contributed by atoms with Crippen molar-refractivity contribution >= 4 is 21.8 Å². The van der Waals surface area contributed by atoms with Gasteiger partial charge in [0.15, 0.2) is 0 Å². The zero-order chi connectivity index (χ0) is 15.1. The molecule has 0 heterocycles. The van der Waals surface area contributed by atoms with Crippen molar-refractivity contribution in [2.45, 2.75) is 19.8 Å². The Morgan fingerprint density at radius 2 is 1.67 bits per heavy atom. The van der Waals surface area contributed by atoms with E-state index >= 15 is 0 Å². The van der Waals surface area contributed by atoms with E-state index in [-0.39, 0.29) is 0 Å². The summed E-state index contributed by atoms with van der Waals surface area (Å²) in [4.78, 5) is 0. The van der Waals surface area contributed by atoms with Crippen LogP contribution in [0.1, 0.15) is 24.5 Å². The van der Waals surface area contributed by atoms with Crippen molar-refractivity contribution < 1.29 is 8.42 Å². The summed E-state index contributed by atoms with van der Waals surface area (Å²) in [6.07, 6.45) is 3.65. The Morgan fingerprint density at radius 1 is 1.00 bits per heavy atom. The van der Waals surface area contributed by atoms with Crippen molar-refractivity contribution in [2.24, 2.45) is 0 Å². The number of sulfonamides is 1. The van der Waals surface area contributed by atoms with E-state index in [1.165, 1.54) is 11.0 Å². The van der Waals surface area contributed by atoms with Gasteiger partial charge in [-0.2, -0.15) is 0 Å². The topological polar surface area (TPSA) is 46.2 Å². The third kappa shape index (κ3) is 5.08. The molecule has 0 unspecified atom stereocenters. The molecule has 4 heteroatoms. The van der Waals surface area contributed by atoms with Crippen LogP contribution in [0, 0.1) is 0 Å². The number of hydrogen-bond donors (Lipinski definition) is 1.